The van der Waals surface area contributed by atoms with Crippen molar-refractivity contribution in [2.24, 2.45) is 5.41 Å². The number of likely N-dealkylation sites (tertiary alicyclic amines) is 1. The van der Waals surface area contributed by atoms with E-state index in [-0.39, 0.29) is 11.7 Å². The smallest absolute Gasteiger partial charge is 0.410 e. The Hall–Kier alpha value is -0.990. The largest absolute Gasteiger partial charge is 0.444 e. The molecular formula is C15H25NO2. The number of allylic oxidation sites excluding steroid dienone is 2. The van der Waals surface area contributed by atoms with Gasteiger partial charge in [-0.2, -0.15) is 0 Å². The molecule has 1 aliphatic carbocycles. The van der Waals surface area contributed by atoms with Crippen molar-refractivity contribution in [3.05, 3.63) is 11.6 Å². The second kappa shape index (κ2) is 4.60. The maximum atomic E-state index is 11.9. The van der Waals surface area contributed by atoms with Crippen molar-refractivity contribution in [1.82, 2.24) is 4.90 Å². The van der Waals surface area contributed by atoms with Gasteiger partial charge in [0.25, 0.3) is 0 Å². The molecule has 0 radical (unpaired) electrons. The van der Waals surface area contributed by atoms with Gasteiger partial charge < -0.3 is 9.64 Å². The summed E-state index contributed by atoms with van der Waals surface area (Å²) in [5, 5.41) is 0. The summed E-state index contributed by atoms with van der Waals surface area (Å²) in [4.78, 5) is 13.8. The van der Waals surface area contributed by atoms with E-state index in [1.165, 1.54) is 12.8 Å². The zero-order valence-corrected chi connectivity index (χ0v) is 12.1. The Morgan fingerprint density at radius 3 is 2.28 bits per heavy atom. The van der Waals surface area contributed by atoms with E-state index in [9.17, 15) is 4.79 Å². The molecule has 0 unspecified atom stereocenters. The predicted molar refractivity (Wildman–Crippen MR) is 72.5 cm³/mol. The predicted octanol–water partition coefficient (Wildman–Crippen LogP) is 3.74. The first kappa shape index (κ1) is 13.4. The van der Waals surface area contributed by atoms with Crippen LogP contribution in [0.3, 0.4) is 0 Å². The molecule has 1 saturated heterocycles. The Morgan fingerprint density at radius 2 is 1.83 bits per heavy atom. The van der Waals surface area contributed by atoms with Gasteiger partial charge in [0.2, 0.25) is 0 Å². The molecule has 18 heavy (non-hydrogen) atoms. The summed E-state index contributed by atoms with van der Waals surface area (Å²) in [7, 11) is 0. The number of amides is 1. The maximum absolute atomic E-state index is 11.9. The molecule has 1 amide bonds. The van der Waals surface area contributed by atoms with Gasteiger partial charge in [0, 0.05) is 13.1 Å². The molecule has 0 atom stereocenters. The summed E-state index contributed by atoms with van der Waals surface area (Å²) >= 11 is 0. The lowest BCUT2D eigenvalue weighted by molar-refractivity contribution is 0.00429. The van der Waals surface area contributed by atoms with Crippen LogP contribution in [0.5, 0.6) is 0 Å². The van der Waals surface area contributed by atoms with Crippen LogP contribution >= 0.6 is 0 Å². The normalized spacial score (nSPS) is 22.7. The van der Waals surface area contributed by atoms with Gasteiger partial charge in [-0.15, -0.1) is 0 Å². The molecule has 1 aliphatic heterocycles. The van der Waals surface area contributed by atoms with E-state index in [1.54, 1.807) is 5.57 Å². The van der Waals surface area contributed by atoms with Gasteiger partial charge in [-0.1, -0.05) is 11.6 Å². The van der Waals surface area contributed by atoms with Gasteiger partial charge in [0.15, 0.2) is 0 Å². The monoisotopic (exact) mass is 251 g/mol. The van der Waals surface area contributed by atoms with Gasteiger partial charge >= 0.3 is 6.09 Å². The van der Waals surface area contributed by atoms with E-state index in [0.29, 0.717) is 5.41 Å². The standard InChI is InChI=1S/C15H25NO2/c1-5-12-10-15(11-12)6-8-16(9-7-15)13(17)18-14(2,3)4/h5H,6-11H2,1-4H3. The van der Waals surface area contributed by atoms with Crippen LogP contribution < -0.4 is 0 Å². The number of rotatable bonds is 0. The van der Waals surface area contributed by atoms with Crippen LogP contribution in [0.4, 0.5) is 4.79 Å². The molecule has 0 aromatic heterocycles. The molecule has 1 heterocycles. The van der Waals surface area contributed by atoms with E-state index in [0.717, 1.165) is 25.9 Å². The van der Waals surface area contributed by atoms with Crippen molar-refractivity contribution in [3.8, 4) is 0 Å². The molecule has 0 aromatic carbocycles. The minimum absolute atomic E-state index is 0.150. The molecule has 3 heteroatoms. The van der Waals surface area contributed by atoms with Crippen molar-refractivity contribution < 1.29 is 9.53 Å². The number of hydrogen-bond acceptors (Lipinski definition) is 2. The zero-order valence-electron chi connectivity index (χ0n) is 12.1. The highest BCUT2D eigenvalue weighted by molar-refractivity contribution is 5.68. The molecule has 1 spiro atoms. The summed E-state index contributed by atoms with van der Waals surface area (Å²) in [6.07, 6.45) is 6.83. The summed E-state index contributed by atoms with van der Waals surface area (Å²) in [5.74, 6) is 0. The Kier molecular flexibility index (Phi) is 3.43. The van der Waals surface area contributed by atoms with Gasteiger partial charge in [0.1, 0.15) is 5.60 Å². The Labute approximate surface area is 110 Å². The zero-order chi connectivity index (χ0) is 13.4. The van der Waals surface area contributed by atoms with Gasteiger partial charge in [0.05, 0.1) is 0 Å². The molecule has 0 bridgehead atoms. The highest BCUT2D eigenvalue weighted by Gasteiger charge is 2.43. The molecule has 2 rings (SSSR count). The van der Waals surface area contributed by atoms with Crippen molar-refractivity contribution in [2.45, 2.75) is 59.0 Å². The fourth-order valence-corrected chi connectivity index (χ4v) is 2.96. The number of carbonyl (C=O) groups excluding carboxylic acids is 1. The summed E-state index contributed by atoms with van der Waals surface area (Å²) in [6, 6.07) is 0. The average molecular weight is 251 g/mol. The van der Waals surface area contributed by atoms with E-state index in [2.05, 4.69) is 13.0 Å². The van der Waals surface area contributed by atoms with Crippen LogP contribution in [0, 0.1) is 5.41 Å². The molecule has 2 aliphatic rings. The second-order valence-electron chi connectivity index (χ2n) is 6.77. The van der Waals surface area contributed by atoms with E-state index < -0.39 is 0 Å². The third kappa shape index (κ3) is 2.88. The first-order valence-corrected chi connectivity index (χ1v) is 6.96. The lowest BCUT2D eigenvalue weighted by atomic mass is 9.60. The minimum Gasteiger partial charge on any atom is -0.444 e. The van der Waals surface area contributed by atoms with Crippen LogP contribution in [0.2, 0.25) is 0 Å². The molecule has 1 saturated carbocycles. The maximum Gasteiger partial charge on any atom is 0.410 e. The molecule has 3 nitrogen and oxygen atoms in total. The summed E-state index contributed by atoms with van der Waals surface area (Å²) in [6.45, 7) is 9.58. The fraction of sp³-hybridized carbons (Fsp3) is 0.800. The molecule has 0 aromatic rings. The Bertz CT molecular complexity index is 347. The van der Waals surface area contributed by atoms with Crippen LogP contribution in [-0.2, 0) is 4.74 Å². The van der Waals surface area contributed by atoms with Crippen molar-refractivity contribution >= 4 is 6.09 Å². The average Bonchev–Trinajstić information content (AvgIpc) is 2.23. The molecule has 102 valence electrons. The Balaban J connectivity index is 1.82. The van der Waals surface area contributed by atoms with Crippen LogP contribution in [0.15, 0.2) is 11.6 Å². The molecule has 2 fully saturated rings. The SMILES string of the molecule is CC=C1CC2(CCN(C(=O)OC(C)(C)C)CC2)C1. The summed E-state index contributed by atoms with van der Waals surface area (Å²) in [5.41, 5.74) is 1.70. The highest BCUT2D eigenvalue weighted by atomic mass is 16.6. The highest BCUT2D eigenvalue weighted by Crippen LogP contribution is 2.52. The van der Waals surface area contributed by atoms with Gasteiger partial charge in [-0.05, 0) is 58.8 Å². The summed E-state index contributed by atoms with van der Waals surface area (Å²) < 4.78 is 5.41. The first-order valence-electron chi connectivity index (χ1n) is 6.96. The first-order chi connectivity index (χ1) is 8.34. The molecular weight excluding hydrogens is 226 g/mol. The van der Waals surface area contributed by atoms with Crippen LogP contribution in [0.1, 0.15) is 53.4 Å². The Morgan fingerprint density at radius 1 is 1.28 bits per heavy atom. The van der Waals surface area contributed by atoms with Crippen LogP contribution in [0.25, 0.3) is 0 Å². The van der Waals surface area contributed by atoms with Gasteiger partial charge in [-0.25, -0.2) is 4.79 Å². The number of ether oxygens (including phenoxy) is 1. The molecule has 0 N–H and O–H groups in total. The van der Waals surface area contributed by atoms with Crippen molar-refractivity contribution in [1.29, 1.82) is 0 Å². The number of piperidine rings is 1. The van der Waals surface area contributed by atoms with E-state index in [1.807, 2.05) is 25.7 Å². The lowest BCUT2D eigenvalue weighted by Crippen LogP contribution is -2.47. The van der Waals surface area contributed by atoms with Gasteiger partial charge in [-0.3, -0.25) is 0 Å². The van der Waals surface area contributed by atoms with Crippen molar-refractivity contribution in [2.75, 3.05) is 13.1 Å². The van der Waals surface area contributed by atoms with Crippen LogP contribution in [-0.4, -0.2) is 29.7 Å². The van der Waals surface area contributed by atoms with Crippen molar-refractivity contribution in [3.63, 3.8) is 0 Å². The fourth-order valence-electron chi connectivity index (χ4n) is 2.96. The quantitative estimate of drug-likeness (QED) is 0.614. The van der Waals surface area contributed by atoms with E-state index >= 15 is 0 Å². The third-order valence-corrected chi connectivity index (χ3v) is 4.09. The lowest BCUT2D eigenvalue weighted by Gasteiger charge is -2.49. The minimum atomic E-state index is -0.388. The second-order valence-corrected chi connectivity index (χ2v) is 6.77. The number of nitrogens with zero attached hydrogens (tertiary/aromatic N) is 1. The van der Waals surface area contributed by atoms with E-state index in [4.69, 9.17) is 4.74 Å². The number of carbonyl (C=O) groups is 1. The topological polar surface area (TPSA) is 29.5 Å². The third-order valence-electron chi connectivity index (χ3n) is 4.09. The number of hydrogen-bond donors (Lipinski definition) is 0.